The van der Waals surface area contributed by atoms with E-state index in [0.29, 0.717) is 13.1 Å². The van der Waals surface area contributed by atoms with Crippen molar-refractivity contribution in [3.05, 3.63) is 65.0 Å². The number of hydrogen-bond donors (Lipinski definition) is 1. The summed E-state index contributed by atoms with van der Waals surface area (Å²) in [6, 6.07) is 12.5. The minimum absolute atomic E-state index is 0.0322. The molecule has 0 fully saturated rings. The highest BCUT2D eigenvalue weighted by molar-refractivity contribution is 5.93. The average Bonchev–Trinajstić information content (AvgIpc) is 2.57. The van der Waals surface area contributed by atoms with Gasteiger partial charge < -0.3 is 5.32 Å². The summed E-state index contributed by atoms with van der Waals surface area (Å²) in [5, 5.41) is 3.07. The van der Waals surface area contributed by atoms with Crippen LogP contribution in [0.5, 0.6) is 0 Å². The molecule has 0 aliphatic carbocycles. The zero-order chi connectivity index (χ0) is 17.5. The maximum Gasteiger partial charge on any atom is 0.238 e. The maximum atomic E-state index is 12.9. The fraction of sp³-hybridized carbons (Fsp3) is 0.350. The van der Waals surface area contributed by atoms with Crippen LogP contribution in [0.1, 0.15) is 30.5 Å². The van der Waals surface area contributed by atoms with E-state index < -0.39 is 0 Å². The predicted octanol–water partition coefficient (Wildman–Crippen LogP) is 4.02. The van der Waals surface area contributed by atoms with Gasteiger partial charge in [0.15, 0.2) is 0 Å². The number of carbonyl (C=O) groups is 1. The summed E-state index contributed by atoms with van der Waals surface area (Å²) in [6.45, 7) is 5.07. The first kappa shape index (κ1) is 18.1. The number of nitrogens with zero attached hydrogens (tertiary/aromatic N) is 1. The van der Waals surface area contributed by atoms with Gasteiger partial charge in [0.05, 0.1) is 6.54 Å². The van der Waals surface area contributed by atoms with Gasteiger partial charge >= 0.3 is 0 Å². The molecule has 3 nitrogen and oxygen atoms in total. The second kappa shape index (κ2) is 8.60. The molecule has 2 aromatic rings. The first-order valence-electron chi connectivity index (χ1n) is 8.37. The lowest BCUT2D eigenvalue weighted by Gasteiger charge is -2.19. The van der Waals surface area contributed by atoms with Crippen molar-refractivity contribution in [2.24, 2.45) is 0 Å². The molecule has 2 rings (SSSR count). The van der Waals surface area contributed by atoms with Gasteiger partial charge in [-0.15, -0.1) is 0 Å². The average molecular weight is 328 g/mol. The van der Waals surface area contributed by atoms with E-state index in [9.17, 15) is 9.18 Å². The van der Waals surface area contributed by atoms with Crippen molar-refractivity contribution in [2.75, 3.05) is 18.9 Å². The molecule has 0 saturated carbocycles. The fourth-order valence-electron chi connectivity index (χ4n) is 2.78. The quantitative estimate of drug-likeness (QED) is 0.832. The largest absolute Gasteiger partial charge is 0.324 e. The van der Waals surface area contributed by atoms with Gasteiger partial charge in [-0.25, -0.2) is 4.39 Å². The third-order valence-corrected chi connectivity index (χ3v) is 4.04. The molecule has 0 bridgehead atoms. The van der Waals surface area contributed by atoms with Gasteiger partial charge in [-0.1, -0.05) is 44.2 Å². The number of para-hydroxylation sites is 1. The van der Waals surface area contributed by atoms with Gasteiger partial charge in [0, 0.05) is 12.2 Å². The molecule has 24 heavy (non-hydrogen) atoms. The Morgan fingerprint density at radius 2 is 1.62 bits per heavy atom. The molecule has 0 atom stereocenters. The zero-order valence-electron chi connectivity index (χ0n) is 14.6. The third kappa shape index (κ3) is 4.90. The molecule has 1 N–H and O–H groups in total. The number of benzene rings is 2. The molecule has 128 valence electrons. The van der Waals surface area contributed by atoms with Crippen molar-refractivity contribution in [3.8, 4) is 0 Å². The Labute approximate surface area is 143 Å². The highest BCUT2D eigenvalue weighted by atomic mass is 19.1. The molecule has 0 heterocycles. The van der Waals surface area contributed by atoms with E-state index in [0.717, 1.165) is 35.2 Å². The number of anilines is 1. The molecule has 0 radical (unpaired) electrons. The Balaban J connectivity index is 1.99. The van der Waals surface area contributed by atoms with E-state index in [1.807, 2.05) is 18.0 Å². The molecular weight excluding hydrogens is 303 g/mol. The minimum Gasteiger partial charge on any atom is -0.324 e. The van der Waals surface area contributed by atoms with Crippen LogP contribution < -0.4 is 5.32 Å². The lowest BCUT2D eigenvalue weighted by molar-refractivity contribution is -0.117. The Hall–Kier alpha value is -2.20. The number of halogens is 1. The van der Waals surface area contributed by atoms with E-state index >= 15 is 0 Å². The van der Waals surface area contributed by atoms with Gasteiger partial charge in [0.1, 0.15) is 5.82 Å². The van der Waals surface area contributed by atoms with Crippen LogP contribution in [0.3, 0.4) is 0 Å². The minimum atomic E-state index is -0.248. The number of likely N-dealkylation sites (N-methyl/N-ethyl adjacent to an activating group) is 1. The molecule has 2 aromatic carbocycles. The Morgan fingerprint density at radius 1 is 1.04 bits per heavy atom. The normalized spacial score (nSPS) is 10.9. The summed E-state index contributed by atoms with van der Waals surface area (Å²) in [6.07, 6.45) is 1.77. The first-order valence-corrected chi connectivity index (χ1v) is 8.37. The highest BCUT2D eigenvalue weighted by Crippen LogP contribution is 2.22. The molecule has 0 spiro atoms. The molecular formula is C20H25FN2O. The zero-order valence-corrected chi connectivity index (χ0v) is 14.6. The maximum absolute atomic E-state index is 12.9. The van der Waals surface area contributed by atoms with Crippen LogP contribution in [-0.2, 0) is 24.2 Å². The molecule has 1 amide bonds. The Morgan fingerprint density at radius 3 is 2.17 bits per heavy atom. The predicted molar refractivity (Wildman–Crippen MR) is 96.6 cm³/mol. The molecule has 0 aliphatic rings. The number of amides is 1. The second-order valence-corrected chi connectivity index (χ2v) is 6.01. The molecule has 0 aromatic heterocycles. The topological polar surface area (TPSA) is 32.3 Å². The van der Waals surface area contributed by atoms with E-state index in [1.54, 1.807) is 12.1 Å². The highest BCUT2D eigenvalue weighted by Gasteiger charge is 2.12. The Kier molecular flexibility index (Phi) is 6.50. The van der Waals surface area contributed by atoms with Crippen LogP contribution >= 0.6 is 0 Å². The van der Waals surface area contributed by atoms with Crippen molar-refractivity contribution in [2.45, 2.75) is 33.2 Å². The molecule has 0 aliphatic heterocycles. The number of nitrogens with one attached hydrogen (secondary N) is 1. The lowest BCUT2D eigenvalue weighted by Crippen LogP contribution is -2.30. The summed E-state index contributed by atoms with van der Waals surface area (Å²) in [4.78, 5) is 14.3. The number of hydrogen-bond acceptors (Lipinski definition) is 2. The van der Waals surface area contributed by atoms with Crippen LogP contribution in [0, 0.1) is 5.82 Å². The summed E-state index contributed by atoms with van der Waals surface area (Å²) in [5.41, 5.74) is 4.24. The van der Waals surface area contributed by atoms with E-state index in [4.69, 9.17) is 0 Å². The first-order chi connectivity index (χ1) is 11.5. The van der Waals surface area contributed by atoms with Crippen LogP contribution in [0.4, 0.5) is 10.1 Å². The van der Waals surface area contributed by atoms with Crippen LogP contribution in [0.25, 0.3) is 0 Å². The van der Waals surface area contributed by atoms with Crippen molar-refractivity contribution in [1.82, 2.24) is 4.90 Å². The van der Waals surface area contributed by atoms with E-state index in [2.05, 4.69) is 31.3 Å². The summed E-state index contributed by atoms with van der Waals surface area (Å²) >= 11 is 0. The monoisotopic (exact) mass is 328 g/mol. The van der Waals surface area contributed by atoms with Gasteiger partial charge in [-0.3, -0.25) is 9.69 Å². The van der Waals surface area contributed by atoms with Gasteiger partial charge in [0.25, 0.3) is 0 Å². The van der Waals surface area contributed by atoms with E-state index in [1.165, 1.54) is 12.1 Å². The number of aryl methyl sites for hydroxylation is 2. The van der Waals surface area contributed by atoms with Crippen LogP contribution in [0.2, 0.25) is 0 Å². The van der Waals surface area contributed by atoms with Crippen LogP contribution in [0.15, 0.2) is 42.5 Å². The van der Waals surface area contributed by atoms with Crippen molar-refractivity contribution < 1.29 is 9.18 Å². The molecule has 4 heteroatoms. The standard InChI is InChI=1S/C20H25FN2O/c1-4-16-7-6-8-17(5-2)20(16)22-19(24)14-23(3)13-15-9-11-18(21)12-10-15/h6-12H,4-5,13-14H2,1-3H3,(H,22,24). The van der Waals surface area contributed by atoms with Gasteiger partial charge in [0.2, 0.25) is 5.91 Å². The fourth-order valence-corrected chi connectivity index (χ4v) is 2.78. The Bertz CT molecular complexity index is 660. The summed E-state index contributed by atoms with van der Waals surface area (Å²) in [7, 11) is 1.88. The number of rotatable bonds is 7. The molecule has 0 saturated heterocycles. The van der Waals surface area contributed by atoms with Gasteiger partial charge in [-0.05, 0) is 48.7 Å². The second-order valence-electron chi connectivity index (χ2n) is 6.01. The molecule has 0 unspecified atom stereocenters. The van der Waals surface area contributed by atoms with Crippen molar-refractivity contribution >= 4 is 11.6 Å². The van der Waals surface area contributed by atoms with Crippen molar-refractivity contribution in [1.29, 1.82) is 0 Å². The van der Waals surface area contributed by atoms with Gasteiger partial charge in [-0.2, -0.15) is 0 Å². The SMILES string of the molecule is CCc1cccc(CC)c1NC(=O)CN(C)Cc1ccc(F)cc1. The number of carbonyl (C=O) groups excluding carboxylic acids is 1. The van der Waals surface area contributed by atoms with Crippen LogP contribution in [-0.4, -0.2) is 24.4 Å². The van der Waals surface area contributed by atoms with E-state index in [-0.39, 0.29) is 11.7 Å². The van der Waals surface area contributed by atoms with Crippen molar-refractivity contribution in [3.63, 3.8) is 0 Å². The third-order valence-electron chi connectivity index (χ3n) is 4.04. The summed E-state index contributed by atoms with van der Waals surface area (Å²) in [5.74, 6) is -0.280. The smallest absolute Gasteiger partial charge is 0.238 e. The lowest BCUT2D eigenvalue weighted by atomic mass is 10.0. The summed E-state index contributed by atoms with van der Waals surface area (Å²) < 4.78 is 12.9.